The number of hydrogen-bond donors (Lipinski definition) is 1. The number of likely N-dealkylation sites (N-methyl/N-ethyl adjacent to an activating group) is 1. The molecule has 3 rings (SSSR count). The molecule has 0 heterocycles. The van der Waals surface area contributed by atoms with E-state index in [1.807, 2.05) is 12.1 Å². The number of aromatic carboxylic acids is 1. The molecule has 2 aromatic carbocycles. The third-order valence-corrected chi connectivity index (χ3v) is 5.16. The Morgan fingerprint density at radius 1 is 1.17 bits per heavy atom. The van der Waals surface area contributed by atoms with E-state index in [0.717, 1.165) is 12.1 Å². The minimum absolute atomic E-state index is 0.363. The van der Waals surface area contributed by atoms with Crippen LogP contribution in [-0.2, 0) is 6.54 Å². The summed E-state index contributed by atoms with van der Waals surface area (Å²) in [7, 11) is 2.16. The van der Waals surface area contributed by atoms with Crippen molar-refractivity contribution >= 4 is 5.97 Å². The lowest BCUT2D eigenvalue weighted by atomic mass is 9.92. The Bertz CT molecular complexity index is 708. The van der Waals surface area contributed by atoms with Gasteiger partial charge in [-0.3, -0.25) is 4.90 Å². The van der Waals surface area contributed by atoms with Crippen LogP contribution in [0.4, 0.5) is 0 Å². The SMILES string of the molecule is Cc1ccc(C2CCCC2N(C)Cc2cccc(C(=O)O)c2)cc1. The van der Waals surface area contributed by atoms with Gasteiger partial charge in [-0.2, -0.15) is 0 Å². The molecule has 126 valence electrons. The number of nitrogens with zero attached hydrogens (tertiary/aromatic N) is 1. The van der Waals surface area contributed by atoms with E-state index in [2.05, 4.69) is 43.1 Å². The number of hydrogen-bond acceptors (Lipinski definition) is 2. The van der Waals surface area contributed by atoms with Crippen LogP contribution in [0.5, 0.6) is 0 Å². The van der Waals surface area contributed by atoms with Crippen LogP contribution in [0.3, 0.4) is 0 Å². The molecule has 0 bridgehead atoms. The lowest BCUT2D eigenvalue weighted by Gasteiger charge is -2.30. The monoisotopic (exact) mass is 323 g/mol. The van der Waals surface area contributed by atoms with Gasteiger partial charge in [0.1, 0.15) is 0 Å². The smallest absolute Gasteiger partial charge is 0.335 e. The fraction of sp³-hybridized carbons (Fsp3) is 0.381. The molecule has 24 heavy (non-hydrogen) atoms. The average molecular weight is 323 g/mol. The van der Waals surface area contributed by atoms with E-state index in [1.165, 1.54) is 30.4 Å². The third-order valence-electron chi connectivity index (χ3n) is 5.16. The van der Waals surface area contributed by atoms with Gasteiger partial charge in [0.05, 0.1) is 5.56 Å². The number of benzene rings is 2. The van der Waals surface area contributed by atoms with Crippen LogP contribution >= 0.6 is 0 Å². The standard InChI is InChI=1S/C21H25NO2/c1-15-9-11-17(12-10-15)19-7-4-8-20(19)22(2)14-16-5-3-6-18(13-16)21(23)24/h3,5-6,9-13,19-20H,4,7-8,14H2,1-2H3,(H,23,24). The lowest BCUT2D eigenvalue weighted by molar-refractivity contribution is 0.0696. The Morgan fingerprint density at radius 3 is 2.62 bits per heavy atom. The van der Waals surface area contributed by atoms with Crippen molar-refractivity contribution in [2.45, 2.75) is 44.7 Å². The molecule has 2 unspecified atom stereocenters. The highest BCUT2D eigenvalue weighted by molar-refractivity contribution is 5.87. The van der Waals surface area contributed by atoms with Crippen molar-refractivity contribution in [3.63, 3.8) is 0 Å². The van der Waals surface area contributed by atoms with Gasteiger partial charge in [-0.05, 0) is 56.0 Å². The molecule has 3 nitrogen and oxygen atoms in total. The zero-order valence-electron chi connectivity index (χ0n) is 14.4. The molecule has 1 aliphatic carbocycles. The predicted octanol–water partition coefficient (Wildman–Crippen LogP) is 4.46. The molecule has 0 radical (unpaired) electrons. The summed E-state index contributed by atoms with van der Waals surface area (Å²) in [6, 6.07) is 16.7. The number of carbonyl (C=O) groups is 1. The number of carboxylic acid groups (broad SMARTS) is 1. The van der Waals surface area contributed by atoms with Crippen molar-refractivity contribution < 1.29 is 9.90 Å². The van der Waals surface area contributed by atoms with Gasteiger partial charge in [0, 0.05) is 12.6 Å². The van der Waals surface area contributed by atoms with Gasteiger partial charge in [-0.1, -0.05) is 48.4 Å². The second-order valence-corrected chi connectivity index (χ2v) is 6.94. The highest BCUT2D eigenvalue weighted by Gasteiger charge is 2.31. The van der Waals surface area contributed by atoms with Crippen molar-refractivity contribution in [3.8, 4) is 0 Å². The van der Waals surface area contributed by atoms with E-state index < -0.39 is 5.97 Å². The molecule has 1 aliphatic rings. The molecule has 3 heteroatoms. The van der Waals surface area contributed by atoms with Gasteiger partial charge in [0.25, 0.3) is 0 Å². The normalized spacial score (nSPS) is 20.5. The summed E-state index contributed by atoms with van der Waals surface area (Å²) in [6.45, 7) is 2.91. The molecule has 2 aromatic rings. The second-order valence-electron chi connectivity index (χ2n) is 6.94. The summed E-state index contributed by atoms with van der Waals surface area (Å²) in [6.07, 6.45) is 3.68. The third kappa shape index (κ3) is 3.68. The predicted molar refractivity (Wildman–Crippen MR) is 96.4 cm³/mol. The summed E-state index contributed by atoms with van der Waals surface area (Å²) in [5, 5.41) is 9.15. The Morgan fingerprint density at radius 2 is 1.92 bits per heavy atom. The van der Waals surface area contributed by atoms with Crippen LogP contribution in [-0.4, -0.2) is 29.1 Å². The van der Waals surface area contributed by atoms with E-state index in [1.54, 1.807) is 12.1 Å². The highest BCUT2D eigenvalue weighted by Crippen LogP contribution is 2.37. The maximum atomic E-state index is 11.1. The molecule has 0 saturated heterocycles. The zero-order valence-corrected chi connectivity index (χ0v) is 14.4. The fourth-order valence-corrected chi connectivity index (χ4v) is 3.88. The summed E-state index contributed by atoms with van der Waals surface area (Å²) in [5.74, 6) is -0.295. The highest BCUT2D eigenvalue weighted by atomic mass is 16.4. The molecule has 0 aliphatic heterocycles. The van der Waals surface area contributed by atoms with Gasteiger partial charge < -0.3 is 5.11 Å². The van der Waals surface area contributed by atoms with Gasteiger partial charge in [0.2, 0.25) is 0 Å². The van der Waals surface area contributed by atoms with Crippen LogP contribution in [0.15, 0.2) is 48.5 Å². The first kappa shape index (κ1) is 16.7. The quantitative estimate of drug-likeness (QED) is 0.883. The van der Waals surface area contributed by atoms with Gasteiger partial charge >= 0.3 is 5.97 Å². The van der Waals surface area contributed by atoms with Crippen molar-refractivity contribution in [2.75, 3.05) is 7.05 Å². The molecule has 0 amide bonds. The lowest BCUT2D eigenvalue weighted by Crippen LogP contribution is -2.33. The molecule has 1 N–H and O–H groups in total. The first-order chi connectivity index (χ1) is 11.5. The van der Waals surface area contributed by atoms with Gasteiger partial charge in [-0.15, -0.1) is 0 Å². The maximum Gasteiger partial charge on any atom is 0.335 e. The summed E-state index contributed by atoms with van der Waals surface area (Å²) < 4.78 is 0. The summed E-state index contributed by atoms with van der Waals surface area (Å²) >= 11 is 0. The van der Waals surface area contributed by atoms with E-state index in [0.29, 0.717) is 17.5 Å². The first-order valence-corrected chi connectivity index (χ1v) is 8.63. The van der Waals surface area contributed by atoms with Gasteiger partial charge in [-0.25, -0.2) is 4.79 Å². The molecule has 1 saturated carbocycles. The first-order valence-electron chi connectivity index (χ1n) is 8.63. The Hall–Kier alpha value is -2.13. The minimum Gasteiger partial charge on any atom is -0.478 e. The molecule has 0 aromatic heterocycles. The van der Waals surface area contributed by atoms with Crippen LogP contribution < -0.4 is 0 Å². The van der Waals surface area contributed by atoms with Crippen molar-refractivity contribution in [1.29, 1.82) is 0 Å². The zero-order chi connectivity index (χ0) is 17.1. The van der Waals surface area contributed by atoms with E-state index >= 15 is 0 Å². The molecular weight excluding hydrogens is 298 g/mol. The Labute approximate surface area is 143 Å². The molecule has 1 fully saturated rings. The Kier molecular flexibility index (Phi) is 5.00. The van der Waals surface area contributed by atoms with Crippen molar-refractivity contribution in [2.24, 2.45) is 0 Å². The van der Waals surface area contributed by atoms with E-state index in [9.17, 15) is 4.79 Å². The molecular formula is C21H25NO2. The number of aryl methyl sites for hydroxylation is 1. The van der Waals surface area contributed by atoms with E-state index in [4.69, 9.17) is 5.11 Å². The Balaban J connectivity index is 1.74. The molecule has 2 atom stereocenters. The van der Waals surface area contributed by atoms with Crippen molar-refractivity contribution in [1.82, 2.24) is 4.90 Å². The second kappa shape index (κ2) is 7.18. The van der Waals surface area contributed by atoms with Crippen LogP contribution in [0.1, 0.15) is 52.2 Å². The van der Waals surface area contributed by atoms with Crippen LogP contribution in [0.25, 0.3) is 0 Å². The molecule has 0 spiro atoms. The fourth-order valence-electron chi connectivity index (χ4n) is 3.88. The summed E-state index contributed by atoms with van der Waals surface area (Å²) in [4.78, 5) is 13.5. The summed E-state index contributed by atoms with van der Waals surface area (Å²) in [5.41, 5.74) is 4.15. The average Bonchev–Trinajstić information content (AvgIpc) is 3.05. The number of rotatable bonds is 5. The minimum atomic E-state index is -0.863. The maximum absolute atomic E-state index is 11.1. The topological polar surface area (TPSA) is 40.5 Å². The van der Waals surface area contributed by atoms with Crippen LogP contribution in [0, 0.1) is 6.92 Å². The van der Waals surface area contributed by atoms with Crippen molar-refractivity contribution in [3.05, 3.63) is 70.8 Å². The van der Waals surface area contributed by atoms with Crippen LogP contribution in [0.2, 0.25) is 0 Å². The largest absolute Gasteiger partial charge is 0.478 e. The number of carboxylic acids is 1. The van der Waals surface area contributed by atoms with E-state index in [-0.39, 0.29) is 0 Å². The van der Waals surface area contributed by atoms with Gasteiger partial charge in [0.15, 0.2) is 0 Å².